The van der Waals surface area contributed by atoms with Crippen molar-refractivity contribution < 1.29 is 4.42 Å². The lowest BCUT2D eigenvalue weighted by atomic mass is 10.0. The maximum absolute atomic E-state index is 5.37. The lowest BCUT2D eigenvalue weighted by Crippen LogP contribution is -2.37. The van der Waals surface area contributed by atoms with Crippen molar-refractivity contribution in [2.75, 3.05) is 0 Å². The minimum Gasteiger partial charge on any atom is -0.469 e. The predicted octanol–water partition coefficient (Wildman–Crippen LogP) is 3.77. The van der Waals surface area contributed by atoms with E-state index in [0.717, 1.165) is 12.2 Å². The molecule has 0 aromatic carbocycles. The standard InChI is InChI=1S/C14H25NO/c1-4-7-13(8-5-2)15-12(3)11-14-9-6-10-16-14/h6,9-10,12-13,15H,4-5,7-8,11H2,1-3H3. The van der Waals surface area contributed by atoms with E-state index in [4.69, 9.17) is 4.42 Å². The maximum Gasteiger partial charge on any atom is 0.105 e. The highest BCUT2D eigenvalue weighted by Gasteiger charge is 2.11. The van der Waals surface area contributed by atoms with Gasteiger partial charge in [0.15, 0.2) is 0 Å². The molecule has 1 N–H and O–H groups in total. The van der Waals surface area contributed by atoms with Crippen molar-refractivity contribution in [2.24, 2.45) is 0 Å². The van der Waals surface area contributed by atoms with Gasteiger partial charge in [-0.05, 0) is 31.9 Å². The predicted molar refractivity (Wildman–Crippen MR) is 68.6 cm³/mol. The molecule has 1 aromatic rings. The molecule has 0 aliphatic carbocycles. The van der Waals surface area contributed by atoms with Crippen molar-refractivity contribution in [3.8, 4) is 0 Å². The van der Waals surface area contributed by atoms with Crippen LogP contribution in [0.2, 0.25) is 0 Å². The van der Waals surface area contributed by atoms with Crippen LogP contribution < -0.4 is 5.32 Å². The van der Waals surface area contributed by atoms with E-state index >= 15 is 0 Å². The van der Waals surface area contributed by atoms with Crippen LogP contribution in [0, 0.1) is 0 Å². The maximum atomic E-state index is 5.37. The van der Waals surface area contributed by atoms with Crippen LogP contribution in [0.15, 0.2) is 22.8 Å². The summed E-state index contributed by atoms with van der Waals surface area (Å²) in [6.45, 7) is 6.74. The first-order valence-corrected chi connectivity index (χ1v) is 6.54. The van der Waals surface area contributed by atoms with Gasteiger partial charge in [-0.2, -0.15) is 0 Å². The molecular weight excluding hydrogens is 198 g/mol. The molecule has 1 heterocycles. The van der Waals surface area contributed by atoms with E-state index in [1.165, 1.54) is 25.7 Å². The monoisotopic (exact) mass is 223 g/mol. The first-order chi connectivity index (χ1) is 7.76. The van der Waals surface area contributed by atoms with Gasteiger partial charge < -0.3 is 9.73 Å². The lowest BCUT2D eigenvalue weighted by Gasteiger charge is -2.22. The zero-order chi connectivity index (χ0) is 11.8. The highest BCUT2D eigenvalue weighted by atomic mass is 16.3. The molecule has 0 spiro atoms. The average Bonchev–Trinajstić information content (AvgIpc) is 2.71. The second kappa shape index (κ2) is 7.50. The number of furan rings is 1. The molecule has 2 heteroatoms. The zero-order valence-corrected chi connectivity index (χ0v) is 10.8. The number of hydrogen-bond acceptors (Lipinski definition) is 2. The first kappa shape index (κ1) is 13.3. The van der Waals surface area contributed by atoms with Gasteiger partial charge in [-0.3, -0.25) is 0 Å². The smallest absolute Gasteiger partial charge is 0.105 e. The fourth-order valence-electron chi connectivity index (χ4n) is 2.20. The molecule has 92 valence electrons. The Kier molecular flexibility index (Phi) is 6.24. The first-order valence-electron chi connectivity index (χ1n) is 6.54. The topological polar surface area (TPSA) is 25.2 Å². The van der Waals surface area contributed by atoms with Crippen LogP contribution in [-0.4, -0.2) is 12.1 Å². The molecular formula is C14H25NO. The van der Waals surface area contributed by atoms with Crippen LogP contribution in [0.4, 0.5) is 0 Å². The Labute approximate surface area is 99.4 Å². The molecule has 2 nitrogen and oxygen atoms in total. The van der Waals surface area contributed by atoms with E-state index in [2.05, 4.69) is 26.1 Å². The summed E-state index contributed by atoms with van der Waals surface area (Å²) in [7, 11) is 0. The van der Waals surface area contributed by atoms with Gasteiger partial charge in [0.2, 0.25) is 0 Å². The minimum absolute atomic E-state index is 0.495. The van der Waals surface area contributed by atoms with Crippen molar-refractivity contribution >= 4 is 0 Å². The Hall–Kier alpha value is -0.760. The Morgan fingerprint density at radius 2 is 1.94 bits per heavy atom. The summed E-state index contributed by atoms with van der Waals surface area (Å²) >= 11 is 0. The van der Waals surface area contributed by atoms with Crippen molar-refractivity contribution in [1.82, 2.24) is 5.32 Å². The SMILES string of the molecule is CCCC(CCC)NC(C)Cc1ccco1. The van der Waals surface area contributed by atoms with Crippen LogP contribution in [0.1, 0.15) is 52.2 Å². The molecule has 16 heavy (non-hydrogen) atoms. The molecule has 1 atom stereocenters. The van der Waals surface area contributed by atoms with E-state index in [0.29, 0.717) is 12.1 Å². The van der Waals surface area contributed by atoms with Gasteiger partial charge in [0.25, 0.3) is 0 Å². The number of hydrogen-bond donors (Lipinski definition) is 1. The normalized spacial score (nSPS) is 13.2. The fourth-order valence-corrected chi connectivity index (χ4v) is 2.20. The Balaban J connectivity index is 2.32. The summed E-state index contributed by atoms with van der Waals surface area (Å²) in [5.74, 6) is 1.08. The molecule has 0 saturated carbocycles. The molecule has 0 saturated heterocycles. The molecule has 1 unspecified atom stereocenters. The van der Waals surface area contributed by atoms with Crippen molar-refractivity contribution in [3.05, 3.63) is 24.2 Å². The van der Waals surface area contributed by atoms with Crippen LogP contribution in [0.5, 0.6) is 0 Å². The fraction of sp³-hybridized carbons (Fsp3) is 0.714. The lowest BCUT2D eigenvalue weighted by molar-refractivity contribution is 0.378. The molecule has 1 aromatic heterocycles. The summed E-state index contributed by atoms with van der Waals surface area (Å²) in [6.07, 6.45) is 7.79. The molecule has 1 rings (SSSR count). The largest absolute Gasteiger partial charge is 0.469 e. The van der Waals surface area contributed by atoms with Crippen molar-refractivity contribution in [2.45, 2.75) is 65.0 Å². The molecule has 0 amide bonds. The zero-order valence-electron chi connectivity index (χ0n) is 10.8. The summed E-state index contributed by atoms with van der Waals surface area (Å²) in [4.78, 5) is 0. The summed E-state index contributed by atoms with van der Waals surface area (Å²) in [6, 6.07) is 5.17. The van der Waals surface area contributed by atoms with E-state index in [-0.39, 0.29) is 0 Å². The van der Waals surface area contributed by atoms with Gasteiger partial charge in [0.05, 0.1) is 6.26 Å². The van der Waals surface area contributed by atoms with Crippen LogP contribution in [-0.2, 0) is 6.42 Å². The van der Waals surface area contributed by atoms with Crippen LogP contribution >= 0.6 is 0 Å². The van der Waals surface area contributed by atoms with Gasteiger partial charge in [0.1, 0.15) is 5.76 Å². The molecule has 0 aliphatic rings. The third-order valence-corrected chi connectivity index (χ3v) is 2.88. The van der Waals surface area contributed by atoms with E-state index in [1.807, 2.05) is 12.1 Å². The van der Waals surface area contributed by atoms with Crippen molar-refractivity contribution in [3.63, 3.8) is 0 Å². The number of rotatable bonds is 8. The second-order valence-corrected chi connectivity index (χ2v) is 4.63. The Morgan fingerprint density at radius 3 is 2.44 bits per heavy atom. The average molecular weight is 223 g/mol. The van der Waals surface area contributed by atoms with E-state index < -0.39 is 0 Å². The number of nitrogens with one attached hydrogen (secondary N) is 1. The van der Waals surface area contributed by atoms with Gasteiger partial charge >= 0.3 is 0 Å². The summed E-state index contributed by atoms with van der Waals surface area (Å²) < 4.78 is 5.37. The molecule has 0 aliphatic heterocycles. The van der Waals surface area contributed by atoms with Gasteiger partial charge in [-0.1, -0.05) is 26.7 Å². The van der Waals surface area contributed by atoms with E-state index in [1.54, 1.807) is 6.26 Å². The Morgan fingerprint density at radius 1 is 1.25 bits per heavy atom. The third-order valence-electron chi connectivity index (χ3n) is 2.88. The van der Waals surface area contributed by atoms with E-state index in [9.17, 15) is 0 Å². The Bertz CT molecular complexity index is 250. The van der Waals surface area contributed by atoms with Gasteiger partial charge in [-0.25, -0.2) is 0 Å². The molecule has 0 radical (unpaired) electrons. The minimum atomic E-state index is 0.495. The molecule has 0 fully saturated rings. The van der Waals surface area contributed by atoms with Crippen molar-refractivity contribution in [1.29, 1.82) is 0 Å². The van der Waals surface area contributed by atoms with Gasteiger partial charge in [-0.15, -0.1) is 0 Å². The summed E-state index contributed by atoms with van der Waals surface area (Å²) in [5.41, 5.74) is 0. The highest BCUT2D eigenvalue weighted by Crippen LogP contribution is 2.09. The van der Waals surface area contributed by atoms with Crippen LogP contribution in [0.25, 0.3) is 0 Å². The van der Waals surface area contributed by atoms with Gasteiger partial charge in [0, 0.05) is 18.5 Å². The highest BCUT2D eigenvalue weighted by molar-refractivity contribution is 5.00. The van der Waals surface area contributed by atoms with Crippen LogP contribution in [0.3, 0.4) is 0 Å². The summed E-state index contributed by atoms with van der Waals surface area (Å²) in [5, 5.41) is 3.70. The molecule has 0 bridgehead atoms. The third kappa shape index (κ3) is 4.84. The second-order valence-electron chi connectivity index (χ2n) is 4.63. The quantitative estimate of drug-likeness (QED) is 0.725.